The number of hydrogen-bond acceptors (Lipinski definition) is 8. The Labute approximate surface area is 223 Å². The topological polar surface area (TPSA) is 97.8 Å². The number of benzene rings is 2. The molecule has 1 atom stereocenters. The number of piperidine rings is 1. The number of methoxy groups -OCH3 is 3. The van der Waals surface area contributed by atoms with Gasteiger partial charge in [0.15, 0.2) is 11.5 Å². The minimum atomic E-state index is -0.354. The van der Waals surface area contributed by atoms with Gasteiger partial charge >= 0.3 is 0 Å². The molecule has 1 aliphatic heterocycles. The zero-order valence-corrected chi connectivity index (χ0v) is 22.5. The number of carbonyl (C=O) groups excluding carboxylic acids is 1. The van der Waals surface area contributed by atoms with E-state index in [9.17, 15) is 9.18 Å². The van der Waals surface area contributed by atoms with Crippen molar-refractivity contribution in [1.29, 1.82) is 0 Å². The van der Waals surface area contributed by atoms with E-state index < -0.39 is 0 Å². The Morgan fingerprint density at radius 3 is 2.57 bits per heavy atom. The molecule has 37 heavy (non-hydrogen) atoms. The van der Waals surface area contributed by atoms with Gasteiger partial charge in [-0.2, -0.15) is 4.98 Å². The molecule has 0 radical (unpaired) electrons. The summed E-state index contributed by atoms with van der Waals surface area (Å²) in [6.45, 7) is 1.42. The molecule has 2 aromatic carbocycles. The lowest BCUT2D eigenvalue weighted by molar-refractivity contribution is -0.125. The second kappa shape index (κ2) is 12.1. The fourth-order valence-corrected chi connectivity index (χ4v) is 4.59. The number of rotatable bonds is 9. The third-order valence-corrected chi connectivity index (χ3v) is 6.64. The van der Waals surface area contributed by atoms with Gasteiger partial charge in [-0.15, -0.1) is 0 Å². The number of ether oxygens (including phenoxy) is 3. The first-order valence-electron chi connectivity index (χ1n) is 11.8. The molecular weight excluding hydrogens is 545 g/mol. The monoisotopic (exact) mass is 573 g/mol. The van der Waals surface area contributed by atoms with E-state index in [0.717, 1.165) is 19.4 Å². The smallest absolute Gasteiger partial charge is 0.229 e. The number of aromatic nitrogens is 2. The van der Waals surface area contributed by atoms with Crippen molar-refractivity contribution in [3.05, 3.63) is 58.4 Å². The van der Waals surface area contributed by atoms with E-state index in [4.69, 9.17) is 14.2 Å². The van der Waals surface area contributed by atoms with Gasteiger partial charge in [-0.1, -0.05) is 22.0 Å². The summed E-state index contributed by atoms with van der Waals surface area (Å²) in [7, 11) is 4.65. The maximum Gasteiger partial charge on any atom is 0.229 e. The molecule has 196 valence electrons. The van der Waals surface area contributed by atoms with Crippen LogP contribution >= 0.6 is 15.9 Å². The summed E-state index contributed by atoms with van der Waals surface area (Å²) in [5.41, 5.74) is 1.12. The first-order valence-corrected chi connectivity index (χ1v) is 12.6. The molecule has 0 aliphatic carbocycles. The second-order valence-electron chi connectivity index (χ2n) is 8.52. The zero-order valence-electron chi connectivity index (χ0n) is 20.9. The van der Waals surface area contributed by atoms with E-state index in [1.165, 1.54) is 6.07 Å². The quantitative estimate of drug-likeness (QED) is 0.381. The fourth-order valence-electron chi connectivity index (χ4n) is 4.26. The highest BCUT2D eigenvalue weighted by molar-refractivity contribution is 9.10. The Morgan fingerprint density at radius 1 is 1.14 bits per heavy atom. The average Bonchev–Trinajstić information content (AvgIpc) is 2.92. The van der Waals surface area contributed by atoms with Crippen LogP contribution in [0.3, 0.4) is 0 Å². The van der Waals surface area contributed by atoms with Crippen LogP contribution in [0.4, 0.5) is 21.8 Å². The van der Waals surface area contributed by atoms with Gasteiger partial charge in [-0.05, 0) is 31.0 Å². The Balaban J connectivity index is 1.43. The molecule has 2 N–H and O–H groups in total. The van der Waals surface area contributed by atoms with E-state index in [-0.39, 0.29) is 24.2 Å². The van der Waals surface area contributed by atoms with Gasteiger partial charge in [-0.3, -0.25) is 4.79 Å². The van der Waals surface area contributed by atoms with Gasteiger partial charge in [0.25, 0.3) is 0 Å². The lowest BCUT2D eigenvalue weighted by Gasteiger charge is -2.33. The van der Waals surface area contributed by atoms with Crippen LogP contribution in [-0.4, -0.2) is 50.3 Å². The Hall–Kier alpha value is -3.60. The van der Waals surface area contributed by atoms with Gasteiger partial charge in [0.05, 0.1) is 27.2 Å². The van der Waals surface area contributed by atoms with Crippen LogP contribution in [0.25, 0.3) is 0 Å². The number of nitrogens with zero attached hydrogens (tertiary/aromatic N) is 3. The van der Waals surface area contributed by atoms with Crippen molar-refractivity contribution in [2.45, 2.75) is 19.4 Å². The van der Waals surface area contributed by atoms with Crippen LogP contribution < -0.4 is 29.7 Å². The highest BCUT2D eigenvalue weighted by Crippen LogP contribution is 2.40. The summed E-state index contributed by atoms with van der Waals surface area (Å²) in [6.07, 6.45) is 3.26. The maximum absolute atomic E-state index is 14.1. The molecule has 1 fully saturated rings. The van der Waals surface area contributed by atoms with Crippen LogP contribution in [0.2, 0.25) is 0 Å². The highest BCUT2D eigenvalue weighted by atomic mass is 79.9. The van der Waals surface area contributed by atoms with Crippen LogP contribution in [-0.2, 0) is 11.3 Å². The molecule has 9 nitrogen and oxygen atoms in total. The molecule has 0 saturated carbocycles. The van der Waals surface area contributed by atoms with Gasteiger partial charge in [0, 0.05) is 53.7 Å². The average molecular weight is 574 g/mol. The molecule has 0 unspecified atom stereocenters. The molecule has 1 aromatic heterocycles. The van der Waals surface area contributed by atoms with Gasteiger partial charge in [-0.25, -0.2) is 9.37 Å². The van der Waals surface area contributed by atoms with E-state index in [1.54, 1.807) is 51.8 Å². The molecule has 3 aromatic rings. The Morgan fingerprint density at radius 2 is 1.89 bits per heavy atom. The summed E-state index contributed by atoms with van der Waals surface area (Å²) >= 11 is 3.25. The van der Waals surface area contributed by atoms with E-state index >= 15 is 0 Å². The normalized spacial score (nSPS) is 15.2. The highest BCUT2D eigenvalue weighted by Gasteiger charge is 2.27. The fraction of sp³-hybridized carbons (Fsp3) is 0.346. The number of anilines is 3. The van der Waals surface area contributed by atoms with Crippen LogP contribution in [0, 0.1) is 11.7 Å². The molecular formula is C26H29BrFN5O4. The van der Waals surface area contributed by atoms with Crippen molar-refractivity contribution in [3.63, 3.8) is 0 Å². The summed E-state index contributed by atoms with van der Waals surface area (Å²) in [5, 5.41) is 6.06. The zero-order chi connectivity index (χ0) is 26.4. The van der Waals surface area contributed by atoms with E-state index in [2.05, 4.69) is 41.4 Å². The van der Waals surface area contributed by atoms with Crippen LogP contribution in [0.15, 0.2) is 47.1 Å². The third-order valence-electron chi connectivity index (χ3n) is 6.15. The Kier molecular flexibility index (Phi) is 8.65. The number of carbonyl (C=O) groups is 1. The maximum atomic E-state index is 14.1. The standard InChI is InChI=1S/C26H29BrFN5O4/c1-35-21-12-19(13-22(36-2)24(21)37-3)31-26-29-9-8-23(32-26)33-10-4-5-17(15-33)25(34)30-14-16-6-7-18(27)11-20(16)28/h6-9,11-13,17H,4-5,10,14-15H2,1-3H3,(H,30,34)(H,29,31,32)/t17-/m0/s1. The summed E-state index contributed by atoms with van der Waals surface area (Å²) in [6, 6.07) is 10.2. The van der Waals surface area contributed by atoms with E-state index in [0.29, 0.717) is 51.3 Å². The lowest BCUT2D eigenvalue weighted by atomic mass is 9.97. The Bertz CT molecular complexity index is 1240. The molecule has 1 saturated heterocycles. The van der Waals surface area contributed by atoms with Crippen molar-refractivity contribution in [2.75, 3.05) is 44.6 Å². The van der Waals surface area contributed by atoms with Crippen molar-refractivity contribution in [2.24, 2.45) is 5.92 Å². The van der Waals surface area contributed by atoms with Gasteiger partial charge < -0.3 is 29.7 Å². The summed E-state index contributed by atoms with van der Waals surface area (Å²) in [5.74, 6) is 1.93. The van der Waals surface area contributed by atoms with Gasteiger partial charge in [0.2, 0.25) is 17.6 Å². The SMILES string of the molecule is COc1cc(Nc2nccc(N3CCC[C@H](C(=O)NCc4ccc(Br)cc4F)C3)n2)cc(OC)c1OC. The molecule has 1 aliphatic rings. The molecule has 0 spiro atoms. The van der Waals surface area contributed by atoms with E-state index in [1.807, 2.05) is 6.07 Å². The predicted octanol–water partition coefficient (Wildman–Crippen LogP) is 4.68. The number of halogens is 2. The molecule has 0 bridgehead atoms. The first kappa shape index (κ1) is 26.5. The number of nitrogens with one attached hydrogen (secondary N) is 2. The van der Waals surface area contributed by atoms with Crippen molar-refractivity contribution >= 4 is 39.3 Å². The van der Waals surface area contributed by atoms with Crippen molar-refractivity contribution in [3.8, 4) is 17.2 Å². The molecule has 1 amide bonds. The second-order valence-corrected chi connectivity index (χ2v) is 9.43. The van der Waals surface area contributed by atoms with Crippen molar-refractivity contribution in [1.82, 2.24) is 15.3 Å². The molecule has 4 rings (SSSR count). The predicted molar refractivity (Wildman–Crippen MR) is 142 cm³/mol. The largest absolute Gasteiger partial charge is 0.493 e. The number of amides is 1. The van der Waals surface area contributed by atoms with Gasteiger partial charge in [0.1, 0.15) is 11.6 Å². The summed E-state index contributed by atoms with van der Waals surface area (Å²) in [4.78, 5) is 23.9. The minimum Gasteiger partial charge on any atom is -0.493 e. The third kappa shape index (κ3) is 6.40. The van der Waals surface area contributed by atoms with Crippen LogP contribution in [0.5, 0.6) is 17.2 Å². The lowest BCUT2D eigenvalue weighted by Crippen LogP contribution is -2.43. The molecule has 11 heteroatoms. The van der Waals surface area contributed by atoms with Crippen molar-refractivity contribution < 1.29 is 23.4 Å². The molecule has 2 heterocycles. The first-order chi connectivity index (χ1) is 17.9. The summed E-state index contributed by atoms with van der Waals surface area (Å²) < 4.78 is 31.0. The minimum absolute atomic E-state index is 0.100. The number of hydrogen-bond donors (Lipinski definition) is 2. The van der Waals surface area contributed by atoms with Crippen LogP contribution in [0.1, 0.15) is 18.4 Å².